The summed E-state index contributed by atoms with van der Waals surface area (Å²) in [5, 5.41) is 22.5. The molecule has 0 saturated carbocycles. The number of hydrogen-bond acceptors (Lipinski definition) is 9. The minimum Gasteiger partial charge on any atom is -0.388 e. The molecule has 35 heavy (non-hydrogen) atoms. The second-order valence-electron chi connectivity index (χ2n) is 8.94. The molecular weight excluding hydrogens is 447 g/mol. The number of nitrogens with one attached hydrogen (secondary N) is 3. The Morgan fingerprint density at radius 1 is 1.23 bits per heavy atom. The van der Waals surface area contributed by atoms with Gasteiger partial charge in [-0.2, -0.15) is 5.10 Å². The van der Waals surface area contributed by atoms with E-state index in [4.69, 9.17) is 10.1 Å². The average molecular weight is 479 g/mol. The van der Waals surface area contributed by atoms with Gasteiger partial charge in [0.05, 0.1) is 23.3 Å². The zero-order valence-electron chi connectivity index (χ0n) is 20.2. The molecule has 1 aliphatic rings. The van der Waals surface area contributed by atoms with E-state index < -0.39 is 6.17 Å². The number of halogens is 1. The quantitative estimate of drug-likeness (QED) is 0.359. The number of allylic oxidation sites excluding steroid dienone is 1. The number of fused-ring (bicyclic) bond motifs is 1. The van der Waals surface area contributed by atoms with E-state index in [2.05, 4.69) is 44.6 Å². The normalized spacial score (nSPS) is 15.7. The van der Waals surface area contributed by atoms with Crippen molar-refractivity contribution in [2.24, 2.45) is 0 Å². The first kappa shape index (κ1) is 24.6. The fraction of sp³-hybridized carbons (Fsp3) is 0.400. The van der Waals surface area contributed by atoms with Crippen LogP contribution in [0.5, 0.6) is 0 Å². The molecule has 4 heterocycles. The highest BCUT2D eigenvalue weighted by Gasteiger charge is 2.27. The van der Waals surface area contributed by atoms with E-state index >= 15 is 0 Å². The smallest absolute Gasteiger partial charge is 0.154 e. The van der Waals surface area contributed by atoms with Crippen LogP contribution in [0.4, 0.5) is 16.0 Å². The maximum absolute atomic E-state index is 13.0. The molecule has 0 aromatic carbocycles. The van der Waals surface area contributed by atoms with Gasteiger partial charge in [-0.25, -0.2) is 9.37 Å². The number of anilines is 2. The number of ether oxygens (including phenoxy) is 1. The van der Waals surface area contributed by atoms with Crippen molar-refractivity contribution in [3.63, 3.8) is 0 Å². The van der Waals surface area contributed by atoms with Crippen LogP contribution in [-0.4, -0.2) is 76.8 Å². The number of rotatable bonds is 11. The molecule has 0 radical (unpaired) electrons. The number of pyridine rings is 2. The van der Waals surface area contributed by atoms with E-state index in [1.807, 2.05) is 29.2 Å². The molecule has 9 nitrogen and oxygen atoms in total. The standard InChI is InChI=1S/C25H31FN8O/c1-16(2)17-7-25(33-30-11-17)32-24-5-4-22-23(31-24)6-18(10-29-22)19(8-27)9-28-12-21(35-3)15-34-13-20(26)14-34/h4-11,16,20-21,27-28H,12-15H2,1-3H3,(H,31,32,33)/b19-9+,27-8?. The molecule has 1 atom stereocenters. The predicted molar refractivity (Wildman–Crippen MR) is 136 cm³/mol. The number of likely N-dealkylation sites (tertiary alicyclic amines) is 1. The van der Waals surface area contributed by atoms with Gasteiger partial charge in [-0.15, -0.1) is 5.10 Å². The van der Waals surface area contributed by atoms with Crippen molar-refractivity contribution in [2.45, 2.75) is 32.0 Å². The number of methoxy groups -OCH3 is 1. The van der Waals surface area contributed by atoms with Crippen LogP contribution in [0.3, 0.4) is 0 Å². The van der Waals surface area contributed by atoms with E-state index in [0.717, 1.165) is 16.6 Å². The maximum atomic E-state index is 13.0. The molecule has 3 aromatic rings. The number of hydrogen-bond donors (Lipinski definition) is 3. The molecule has 1 aliphatic heterocycles. The third kappa shape index (κ3) is 6.34. The minimum atomic E-state index is -0.729. The van der Waals surface area contributed by atoms with E-state index in [1.165, 1.54) is 6.21 Å². The van der Waals surface area contributed by atoms with Gasteiger partial charge in [-0.1, -0.05) is 13.8 Å². The summed E-state index contributed by atoms with van der Waals surface area (Å²) in [6.07, 6.45) is 5.72. The lowest BCUT2D eigenvalue weighted by atomic mass is 10.1. The van der Waals surface area contributed by atoms with Crippen molar-refractivity contribution in [2.75, 3.05) is 38.6 Å². The molecule has 1 unspecified atom stereocenters. The molecule has 3 aromatic heterocycles. The van der Waals surface area contributed by atoms with Crippen LogP contribution in [0.25, 0.3) is 16.6 Å². The zero-order chi connectivity index (χ0) is 24.8. The minimum absolute atomic E-state index is 0.0759. The van der Waals surface area contributed by atoms with Crippen LogP contribution in [0.2, 0.25) is 0 Å². The molecule has 0 aliphatic carbocycles. The average Bonchev–Trinajstić information content (AvgIpc) is 2.84. The van der Waals surface area contributed by atoms with Crippen LogP contribution >= 0.6 is 0 Å². The molecule has 0 bridgehead atoms. The Bertz CT molecular complexity index is 1200. The molecule has 4 rings (SSSR count). The molecule has 10 heteroatoms. The van der Waals surface area contributed by atoms with E-state index in [-0.39, 0.29) is 6.10 Å². The lowest BCUT2D eigenvalue weighted by Gasteiger charge is -2.36. The summed E-state index contributed by atoms with van der Waals surface area (Å²) in [6.45, 7) is 6.35. The first-order valence-electron chi connectivity index (χ1n) is 11.6. The topological polar surface area (TPSA) is 112 Å². The van der Waals surface area contributed by atoms with Gasteiger partial charge >= 0.3 is 0 Å². The highest BCUT2D eigenvalue weighted by atomic mass is 19.1. The Labute approximate surface area is 204 Å². The van der Waals surface area contributed by atoms with Gasteiger partial charge in [0.2, 0.25) is 0 Å². The zero-order valence-corrected chi connectivity index (χ0v) is 20.2. The molecular formula is C25H31FN8O. The van der Waals surface area contributed by atoms with E-state index in [1.54, 1.807) is 25.7 Å². The second-order valence-corrected chi connectivity index (χ2v) is 8.94. The van der Waals surface area contributed by atoms with Gasteiger partial charge in [0, 0.05) is 63.0 Å². The maximum Gasteiger partial charge on any atom is 0.154 e. The Kier molecular flexibility index (Phi) is 7.94. The molecule has 0 spiro atoms. The highest BCUT2D eigenvalue weighted by molar-refractivity contribution is 6.08. The number of aromatic nitrogens is 4. The Morgan fingerprint density at radius 3 is 2.77 bits per heavy atom. The summed E-state index contributed by atoms with van der Waals surface area (Å²) < 4.78 is 18.6. The highest BCUT2D eigenvalue weighted by Crippen LogP contribution is 2.22. The lowest BCUT2D eigenvalue weighted by molar-refractivity contribution is 0.00610. The monoisotopic (exact) mass is 478 g/mol. The van der Waals surface area contributed by atoms with Crippen LogP contribution in [0, 0.1) is 5.41 Å². The summed E-state index contributed by atoms with van der Waals surface area (Å²) in [5.74, 6) is 1.61. The Morgan fingerprint density at radius 2 is 2.06 bits per heavy atom. The van der Waals surface area contributed by atoms with E-state index in [0.29, 0.717) is 54.8 Å². The summed E-state index contributed by atoms with van der Waals surface area (Å²) in [4.78, 5) is 11.2. The summed E-state index contributed by atoms with van der Waals surface area (Å²) in [7, 11) is 1.65. The third-order valence-electron chi connectivity index (χ3n) is 5.94. The predicted octanol–water partition coefficient (Wildman–Crippen LogP) is 3.54. The van der Waals surface area contributed by atoms with E-state index in [9.17, 15) is 4.39 Å². The van der Waals surface area contributed by atoms with Gasteiger partial charge in [0.15, 0.2) is 5.82 Å². The van der Waals surface area contributed by atoms with Crippen LogP contribution in [0.15, 0.2) is 42.9 Å². The van der Waals surface area contributed by atoms with Crippen molar-refractivity contribution >= 4 is 34.5 Å². The number of alkyl halides is 1. The van der Waals surface area contributed by atoms with Crippen LogP contribution < -0.4 is 10.6 Å². The molecule has 0 amide bonds. The first-order valence-corrected chi connectivity index (χ1v) is 11.6. The lowest BCUT2D eigenvalue weighted by Crippen LogP contribution is -2.52. The van der Waals surface area contributed by atoms with Gasteiger partial charge in [-0.3, -0.25) is 9.88 Å². The molecule has 184 valence electrons. The number of nitrogens with zero attached hydrogens (tertiary/aromatic N) is 5. The summed E-state index contributed by atoms with van der Waals surface area (Å²) in [6, 6.07) is 7.60. The molecule has 1 saturated heterocycles. The first-order chi connectivity index (χ1) is 16.9. The summed E-state index contributed by atoms with van der Waals surface area (Å²) in [5.41, 5.74) is 3.97. The van der Waals surface area contributed by atoms with Gasteiger partial charge in [0.1, 0.15) is 12.0 Å². The fourth-order valence-corrected chi connectivity index (χ4v) is 3.80. The SMILES string of the molecule is COC(CN/C=C(\C=N)c1cnc2ccc(Nc3cc(C(C)C)cnn3)nc2c1)CN1CC(F)C1. The van der Waals surface area contributed by atoms with Gasteiger partial charge in [-0.05, 0) is 35.7 Å². The molecule has 3 N–H and O–H groups in total. The second kappa shape index (κ2) is 11.3. The van der Waals surface area contributed by atoms with Crippen molar-refractivity contribution < 1.29 is 9.13 Å². The fourth-order valence-electron chi connectivity index (χ4n) is 3.80. The van der Waals surface area contributed by atoms with Crippen molar-refractivity contribution in [3.05, 3.63) is 54.0 Å². The van der Waals surface area contributed by atoms with Crippen molar-refractivity contribution in [1.82, 2.24) is 30.4 Å². The van der Waals surface area contributed by atoms with Crippen molar-refractivity contribution in [3.8, 4) is 0 Å². The third-order valence-corrected chi connectivity index (χ3v) is 5.94. The Hall–Kier alpha value is -3.50. The van der Waals surface area contributed by atoms with Crippen molar-refractivity contribution in [1.29, 1.82) is 5.41 Å². The Balaban J connectivity index is 1.45. The van der Waals surface area contributed by atoms with Crippen LogP contribution in [0.1, 0.15) is 30.9 Å². The van der Waals surface area contributed by atoms with Gasteiger partial charge < -0.3 is 20.8 Å². The summed E-state index contributed by atoms with van der Waals surface area (Å²) >= 11 is 0. The van der Waals surface area contributed by atoms with Crippen LogP contribution in [-0.2, 0) is 4.74 Å². The largest absolute Gasteiger partial charge is 0.388 e. The van der Waals surface area contributed by atoms with Gasteiger partial charge in [0.25, 0.3) is 0 Å². The molecule has 1 fully saturated rings.